The molecule has 0 unspecified atom stereocenters. The number of esters is 1. The van der Waals surface area contributed by atoms with Crippen LogP contribution in [0.2, 0.25) is 0 Å². The molecule has 2 fully saturated rings. The summed E-state index contributed by atoms with van der Waals surface area (Å²) in [6.45, 7) is 3.63. The summed E-state index contributed by atoms with van der Waals surface area (Å²) in [5.74, 6) is 0.587. The van der Waals surface area contributed by atoms with Crippen molar-refractivity contribution in [2.45, 2.75) is 38.6 Å². The van der Waals surface area contributed by atoms with Crippen LogP contribution in [0.1, 0.15) is 32.6 Å². The fourth-order valence-electron chi connectivity index (χ4n) is 2.21. The van der Waals surface area contributed by atoms with Crippen LogP contribution in [0.25, 0.3) is 0 Å². The van der Waals surface area contributed by atoms with Crippen LogP contribution in [0.5, 0.6) is 0 Å². The molecule has 2 rings (SSSR count). The summed E-state index contributed by atoms with van der Waals surface area (Å²) in [6.07, 6.45) is 4.65. The number of carbonyl (C=O) groups is 2. The van der Waals surface area contributed by atoms with Gasteiger partial charge in [0.1, 0.15) is 0 Å². The average Bonchev–Trinajstić information content (AvgIpc) is 3.22. The Balaban J connectivity index is 1.78. The van der Waals surface area contributed by atoms with Gasteiger partial charge in [-0.3, -0.25) is 14.5 Å². The lowest BCUT2D eigenvalue weighted by atomic mass is 10.3. The molecule has 0 aliphatic heterocycles. The number of hydrogen-bond donors (Lipinski definition) is 0. The first-order valence-corrected chi connectivity index (χ1v) is 7.23. The van der Waals surface area contributed by atoms with Gasteiger partial charge in [-0.1, -0.05) is 0 Å². The summed E-state index contributed by atoms with van der Waals surface area (Å²) < 4.78 is 4.96. The van der Waals surface area contributed by atoms with E-state index in [0.29, 0.717) is 25.1 Å². The number of carbonyl (C=O) groups excluding carboxylic acids is 2. The van der Waals surface area contributed by atoms with Gasteiger partial charge in [-0.15, -0.1) is 0 Å². The summed E-state index contributed by atoms with van der Waals surface area (Å²) in [5, 5.41) is 0. The topological polar surface area (TPSA) is 49.9 Å². The Morgan fingerprint density at radius 2 is 1.84 bits per heavy atom. The molecule has 2 aliphatic rings. The third-order valence-electron chi connectivity index (χ3n) is 3.69. The van der Waals surface area contributed by atoms with Crippen LogP contribution in [-0.4, -0.2) is 61.0 Å². The molecule has 0 aromatic rings. The molecule has 1 amide bonds. The minimum absolute atomic E-state index is 0.114. The van der Waals surface area contributed by atoms with Crippen molar-refractivity contribution < 1.29 is 14.3 Å². The van der Waals surface area contributed by atoms with Crippen LogP contribution in [0.4, 0.5) is 0 Å². The van der Waals surface area contributed by atoms with E-state index in [9.17, 15) is 9.59 Å². The van der Waals surface area contributed by atoms with E-state index < -0.39 is 0 Å². The van der Waals surface area contributed by atoms with Gasteiger partial charge in [0.15, 0.2) is 0 Å². The van der Waals surface area contributed by atoms with Crippen molar-refractivity contribution in [1.29, 1.82) is 0 Å². The van der Waals surface area contributed by atoms with E-state index in [0.717, 1.165) is 19.4 Å². The molecule has 2 saturated carbocycles. The zero-order valence-corrected chi connectivity index (χ0v) is 11.9. The van der Waals surface area contributed by atoms with Crippen LogP contribution in [0.3, 0.4) is 0 Å². The lowest BCUT2D eigenvalue weighted by Gasteiger charge is -2.24. The highest BCUT2D eigenvalue weighted by molar-refractivity contribution is 5.79. The first kappa shape index (κ1) is 14.3. The van der Waals surface area contributed by atoms with Crippen molar-refractivity contribution in [3.63, 3.8) is 0 Å². The van der Waals surface area contributed by atoms with E-state index in [-0.39, 0.29) is 18.4 Å². The second-order valence-electron chi connectivity index (χ2n) is 5.66. The molecular weight excluding hydrogens is 244 g/mol. The molecule has 0 spiro atoms. The van der Waals surface area contributed by atoms with Gasteiger partial charge < -0.3 is 9.64 Å². The Bertz CT molecular complexity index is 338. The first-order chi connectivity index (χ1) is 9.10. The molecular formula is C14H24N2O3. The van der Waals surface area contributed by atoms with E-state index >= 15 is 0 Å². The normalized spacial score (nSPS) is 18.5. The summed E-state index contributed by atoms with van der Waals surface area (Å²) in [6, 6.07) is 0.391. The van der Waals surface area contributed by atoms with Gasteiger partial charge in [-0.05, 0) is 38.5 Å². The zero-order chi connectivity index (χ0) is 13.8. The molecule has 19 heavy (non-hydrogen) atoms. The van der Waals surface area contributed by atoms with Crippen LogP contribution in [0, 0.1) is 5.92 Å². The highest BCUT2D eigenvalue weighted by atomic mass is 16.5. The van der Waals surface area contributed by atoms with Crippen molar-refractivity contribution in [3.05, 3.63) is 0 Å². The van der Waals surface area contributed by atoms with E-state index in [1.54, 1.807) is 11.8 Å². The fourth-order valence-corrected chi connectivity index (χ4v) is 2.21. The Kier molecular flexibility index (Phi) is 4.80. The third kappa shape index (κ3) is 4.82. The molecule has 0 bridgehead atoms. The van der Waals surface area contributed by atoms with Gasteiger partial charge in [0.25, 0.3) is 0 Å². The predicted octanol–water partition coefficient (Wildman–Crippen LogP) is 0.882. The minimum Gasteiger partial charge on any atom is -0.465 e. The molecule has 0 saturated heterocycles. The Hall–Kier alpha value is -1.10. The van der Waals surface area contributed by atoms with Crippen LogP contribution >= 0.6 is 0 Å². The maximum absolute atomic E-state index is 12.1. The maximum Gasteiger partial charge on any atom is 0.320 e. The molecule has 2 aliphatic carbocycles. The van der Waals surface area contributed by atoms with Gasteiger partial charge in [0, 0.05) is 19.6 Å². The molecule has 0 aromatic heterocycles. The lowest BCUT2D eigenvalue weighted by molar-refractivity contribution is -0.145. The van der Waals surface area contributed by atoms with Gasteiger partial charge >= 0.3 is 5.97 Å². The monoisotopic (exact) mass is 268 g/mol. The van der Waals surface area contributed by atoms with Gasteiger partial charge in [0.2, 0.25) is 5.91 Å². The molecule has 5 heteroatoms. The number of likely N-dealkylation sites (N-methyl/N-ethyl adjacent to an activating group) is 1. The van der Waals surface area contributed by atoms with Crippen molar-refractivity contribution in [3.8, 4) is 0 Å². The maximum atomic E-state index is 12.1. The van der Waals surface area contributed by atoms with Gasteiger partial charge in [-0.2, -0.15) is 0 Å². The van der Waals surface area contributed by atoms with Crippen LogP contribution in [0.15, 0.2) is 0 Å². The summed E-state index contributed by atoms with van der Waals surface area (Å²) in [5.41, 5.74) is 0. The second-order valence-corrected chi connectivity index (χ2v) is 5.66. The van der Waals surface area contributed by atoms with E-state index in [1.807, 2.05) is 11.9 Å². The number of amides is 1. The average molecular weight is 268 g/mol. The van der Waals surface area contributed by atoms with Crippen LogP contribution < -0.4 is 0 Å². The largest absolute Gasteiger partial charge is 0.465 e. The third-order valence-corrected chi connectivity index (χ3v) is 3.69. The molecule has 0 aromatic carbocycles. The Labute approximate surface area is 114 Å². The van der Waals surface area contributed by atoms with Crippen molar-refractivity contribution in [2.24, 2.45) is 5.92 Å². The summed E-state index contributed by atoms with van der Waals surface area (Å²) >= 11 is 0. The van der Waals surface area contributed by atoms with Gasteiger partial charge in [0.05, 0.1) is 19.7 Å². The number of rotatable bonds is 8. The Morgan fingerprint density at radius 3 is 2.37 bits per heavy atom. The molecule has 0 heterocycles. The zero-order valence-electron chi connectivity index (χ0n) is 11.9. The molecule has 0 radical (unpaired) electrons. The number of nitrogens with zero attached hydrogens (tertiary/aromatic N) is 2. The standard InChI is InChI=1S/C14H24N2O3/c1-3-19-14(18)10-16(12-6-7-12)9-13(17)15(2)8-11-4-5-11/h11-12H,3-10H2,1-2H3. The fraction of sp³-hybridized carbons (Fsp3) is 0.857. The second kappa shape index (κ2) is 6.37. The smallest absolute Gasteiger partial charge is 0.320 e. The van der Waals surface area contributed by atoms with Crippen molar-refractivity contribution in [1.82, 2.24) is 9.80 Å². The SMILES string of the molecule is CCOC(=O)CN(CC(=O)N(C)CC1CC1)C1CC1. The van der Waals surface area contributed by atoms with E-state index in [2.05, 4.69) is 0 Å². The molecule has 0 atom stereocenters. The molecule has 0 N–H and O–H groups in total. The van der Waals surface area contributed by atoms with Gasteiger partial charge in [-0.25, -0.2) is 0 Å². The van der Waals surface area contributed by atoms with E-state index in [4.69, 9.17) is 4.74 Å². The number of ether oxygens (including phenoxy) is 1. The molecule has 108 valence electrons. The minimum atomic E-state index is -0.230. The molecule has 5 nitrogen and oxygen atoms in total. The predicted molar refractivity (Wildman–Crippen MR) is 71.6 cm³/mol. The first-order valence-electron chi connectivity index (χ1n) is 7.23. The van der Waals surface area contributed by atoms with Crippen molar-refractivity contribution in [2.75, 3.05) is 33.3 Å². The summed E-state index contributed by atoms with van der Waals surface area (Å²) in [7, 11) is 1.86. The number of hydrogen-bond acceptors (Lipinski definition) is 4. The Morgan fingerprint density at radius 1 is 1.16 bits per heavy atom. The lowest BCUT2D eigenvalue weighted by Crippen LogP contribution is -2.42. The highest BCUT2D eigenvalue weighted by Gasteiger charge is 2.33. The quantitative estimate of drug-likeness (QED) is 0.613. The summed E-state index contributed by atoms with van der Waals surface area (Å²) in [4.78, 5) is 27.4. The highest BCUT2D eigenvalue weighted by Crippen LogP contribution is 2.30. The van der Waals surface area contributed by atoms with Crippen molar-refractivity contribution >= 4 is 11.9 Å². The van der Waals surface area contributed by atoms with Crippen LogP contribution in [-0.2, 0) is 14.3 Å². The van der Waals surface area contributed by atoms with E-state index in [1.165, 1.54) is 12.8 Å².